The van der Waals surface area contributed by atoms with E-state index >= 15 is 0 Å². The van der Waals surface area contributed by atoms with Crippen LogP contribution in [-0.4, -0.2) is 4.98 Å². The van der Waals surface area contributed by atoms with Gasteiger partial charge in [-0.2, -0.15) is 0 Å². The minimum absolute atomic E-state index is 0.800. The molecule has 0 N–H and O–H groups in total. The van der Waals surface area contributed by atoms with Gasteiger partial charge in [-0.15, -0.1) is 0 Å². The fourth-order valence-electron chi connectivity index (χ4n) is 1.16. The lowest BCUT2D eigenvalue weighted by molar-refractivity contribution is 1.32. The van der Waals surface area contributed by atoms with Gasteiger partial charge in [-0.05, 0) is 12.1 Å². The molecule has 0 aliphatic heterocycles. The molecule has 0 atom stereocenters. The Morgan fingerprint density at radius 1 is 1.08 bits per heavy atom. The Kier molecular flexibility index (Phi) is 1.63. The van der Waals surface area contributed by atoms with Crippen molar-refractivity contribution in [1.82, 2.24) is 4.98 Å². The number of hydrogen-bond acceptors (Lipinski definition) is 1. The van der Waals surface area contributed by atoms with Gasteiger partial charge in [0.15, 0.2) is 0 Å². The maximum absolute atomic E-state index is 4.32. The summed E-state index contributed by atoms with van der Waals surface area (Å²) < 4.78 is 0. The second kappa shape index (κ2) is 2.78. The zero-order valence-corrected chi connectivity index (χ0v) is 6.62. The molecule has 0 spiro atoms. The Morgan fingerprint density at radius 3 is 2.75 bits per heavy atom. The predicted molar refractivity (Wildman–Crippen MR) is 49.7 cm³/mol. The van der Waals surface area contributed by atoms with Crippen molar-refractivity contribution in [3.8, 4) is 0 Å². The molecular formula is C11H8N. The van der Waals surface area contributed by atoms with Gasteiger partial charge in [0.05, 0.1) is 11.2 Å². The lowest BCUT2D eigenvalue weighted by atomic mass is 10.2. The average Bonchev–Trinajstić information content (AvgIpc) is 2.17. The zero-order valence-electron chi connectivity index (χ0n) is 6.62. The monoisotopic (exact) mass is 154 g/mol. The summed E-state index contributed by atoms with van der Waals surface area (Å²) >= 11 is 0. The summed E-state index contributed by atoms with van der Waals surface area (Å²) in [5, 5.41) is 1.15. The van der Waals surface area contributed by atoms with Gasteiger partial charge >= 0.3 is 0 Å². The van der Waals surface area contributed by atoms with Crippen molar-refractivity contribution in [2.24, 2.45) is 0 Å². The first kappa shape index (κ1) is 7.04. The highest BCUT2D eigenvalue weighted by atomic mass is 14.7. The quantitative estimate of drug-likeness (QED) is 0.615. The van der Waals surface area contributed by atoms with Crippen molar-refractivity contribution in [3.05, 3.63) is 54.7 Å². The van der Waals surface area contributed by atoms with Crippen molar-refractivity contribution in [2.75, 3.05) is 0 Å². The molecule has 0 saturated heterocycles. The van der Waals surface area contributed by atoms with Crippen molar-refractivity contribution in [3.63, 3.8) is 0 Å². The molecule has 0 unspecified atom stereocenters. The molecule has 1 heteroatoms. The van der Waals surface area contributed by atoms with Crippen LogP contribution in [-0.2, 0) is 0 Å². The van der Waals surface area contributed by atoms with Crippen LogP contribution in [0.15, 0.2) is 43.0 Å². The van der Waals surface area contributed by atoms with Crippen LogP contribution in [0.25, 0.3) is 10.9 Å². The molecule has 12 heavy (non-hydrogen) atoms. The smallest absolute Gasteiger partial charge is 0.0710 e. The van der Waals surface area contributed by atoms with E-state index in [0.717, 1.165) is 16.6 Å². The number of para-hydroxylation sites is 1. The number of fused-ring (bicyclic) bond motifs is 1. The molecule has 1 nitrogen and oxygen atoms in total. The minimum atomic E-state index is 0.800. The number of aromatic nitrogens is 1. The molecule has 2 aromatic rings. The molecule has 0 amide bonds. The second-order valence-corrected chi connectivity index (χ2v) is 2.57. The number of rotatable bonds is 1. The van der Waals surface area contributed by atoms with Gasteiger partial charge in [-0.1, -0.05) is 30.8 Å². The third-order valence-electron chi connectivity index (χ3n) is 1.78. The molecule has 1 aromatic carbocycles. The fraction of sp³-hybridized carbons (Fsp3) is 0. The van der Waals surface area contributed by atoms with E-state index in [0.29, 0.717) is 0 Å². The number of nitrogens with zero attached hydrogens (tertiary/aromatic N) is 1. The van der Waals surface area contributed by atoms with Crippen molar-refractivity contribution in [1.29, 1.82) is 0 Å². The highest BCUT2D eigenvalue weighted by molar-refractivity contribution is 5.78. The number of benzene rings is 1. The summed E-state index contributed by atoms with van der Waals surface area (Å²) in [6, 6.07) is 11.9. The first-order valence-electron chi connectivity index (χ1n) is 3.79. The van der Waals surface area contributed by atoms with E-state index in [1.54, 1.807) is 0 Å². The van der Waals surface area contributed by atoms with E-state index < -0.39 is 0 Å². The normalized spacial score (nSPS) is 10.0. The van der Waals surface area contributed by atoms with Crippen LogP contribution in [0.1, 0.15) is 5.69 Å². The van der Waals surface area contributed by atoms with E-state index in [1.165, 1.54) is 0 Å². The molecule has 0 bridgehead atoms. The maximum atomic E-state index is 4.32. The summed E-state index contributed by atoms with van der Waals surface area (Å²) in [5.41, 5.74) is 1.79. The van der Waals surface area contributed by atoms with E-state index in [-0.39, 0.29) is 0 Å². The number of hydrogen-bond donors (Lipinski definition) is 0. The Balaban J connectivity index is 2.75. The number of pyridine rings is 1. The van der Waals surface area contributed by atoms with Gasteiger partial charge in [0.25, 0.3) is 0 Å². The molecule has 2 rings (SSSR count). The third-order valence-corrected chi connectivity index (χ3v) is 1.78. The van der Waals surface area contributed by atoms with Crippen LogP contribution < -0.4 is 0 Å². The van der Waals surface area contributed by atoms with Crippen LogP contribution in [0.4, 0.5) is 0 Å². The molecule has 0 saturated carbocycles. The zero-order chi connectivity index (χ0) is 8.39. The lowest BCUT2D eigenvalue weighted by Gasteiger charge is -1.96. The Hall–Kier alpha value is -1.63. The van der Waals surface area contributed by atoms with Gasteiger partial charge in [-0.3, -0.25) is 0 Å². The van der Waals surface area contributed by atoms with E-state index in [2.05, 4.69) is 17.6 Å². The van der Waals surface area contributed by atoms with Crippen molar-refractivity contribution >= 4 is 10.9 Å². The summed E-state index contributed by atoms with van der Waals surface area (Å²) in [7, 11) is 0. The van der Waals surface area contributed by atoms with Gasteiger partial charge in [0.1, 0.15) is 0 Å². The second-order valence-electron chi connectivity index (χ2n) is 2.57. The molecule has 0 aliphatic carbocycles. The predicted octanol–water partition coefficient (Wildman–Crippen LogP) is 2.57. The first-order valence-corrected chi connectivity index (χ1v) is 3.79. The van der Waals surface area contributed by atoms with Crippen LogP contribution >= 0.6 is 0 Å². The fourth-order valence-corrected chi connectivity index (χ4v) is 1.16. The van der Waals surface area contributed by atoms with Crippen LogP contribution in [0.3, 0.4) is 0 Å². The van der Waals surface area contributed by atoms with Crippen molar-refractivity contribution in [2.45, 2.75) is 0 Å². The highest BCUT2D eigenvalue weighted by Crippen LogP contribution is 2.11. The Morgan fingerprint density at radius 2 is 1.92 bits per heavy atom. The summed E-state index contributed by atoms with van der Waals surface area (Å²) in [6.45, 7) is 3.55. The lowest BCUT2D eigenvalue weighted by Crippen LogP contribution is -1.82. The Labute approximate surface area is 71.4 Å². The standard InChI is InChI=1S/C11H8N/c1-2-10-8-7-9-5-3-4-6-11(9)12-10/h3-8H,1H2. The molecule has 1 aromatic heterocycles. The van der Waals surface area contributed by atoms with Crippen molar-refractivity contribution < 1.29 is 0 Å². The molecule has 0 aliphatic rings. The van der Waals surface area contributed by atoms with Crippen LogP contribution in [0.5, 0.6) is 0 Å². The first-order chi connectivity index (χ1) is 5.90. The van der Waals surface area contributed by atoms with Gasteiger partial charge in [0.2, 0.25) is 0 Å². The topological polar surface area (TPSA) is 12.9 Å². The Bertz CT molecular complexity index is 418. The van der Waals surface area contributed by atoms with E-state index in [9.17, 15) is 0 Å². The maximum Gasteiger partial charge on any atom is 0.0710 e. The summed E-state index contributed by atoms with van der Waals surface area (Å²) in [5.74, 6) is 0. The summed E-state index contributed by atoms with van der Waals surface area (Å²) in [6.07, 6.45) is 2.76. The molecule has 0 fully saturated rings. The highest BCUT2D eigenvalue weighted by Gasteiger charge is 1.92. The molecule has 57 valence electrons. The SMILES string of the molecule is C=[C]c1ccc2ccccc2n1. The molecule has 1 heterocycles. The van der Waals surface area contributed by atoms with Gasteiger partial charge in [0, 0.05) is 11.5 Å². The largest absolute Gasteiger partial charge is 0.248 e. The summed E-state index contributed by atoms with van der Waals surface area (Å²) in [4.78, 5) is 4.32. The average molecular weight is 154 g/mol. The van der Waals surface area contributed by atoms with Crippen LogP contribution in [0, 0.1) is 6.08 Å². The van der Waals surface area contributed by atoms with E-state index in [1.807, 2.05) is 36.4 Å². The van der Waals surface area contributed by atoms with Gasteiger partial charge in [-0.25, -0.2) is 4.98 Å². The van der Waals surface area contributed by atoms with Gasteiger partial charge < -0.3 is 0 Å². The van der Waals surface area contributed by atoms with E-state index in [4.69, 9.17) is 0 Å². The third kappa shape index (κ3) is 1.10. The minimum Gasteiger partial charge on any atom is -0.248 e. The van der Waals surface area contributed by atoms with Crippen LogP contribution in [0.2, 0.25) is 0 Å². The molecular weight excluding hydrogens is 146 g/mol. The molecule has 1 radical (unpaired) electrons.